The highest BCUT2D eigenvalue weighted by atomic mass is 16.5. The molecular weight excluding hydrogens is 1640 g/mol. The Kier molecular flexibility index (Phi) is 44.6. The molecule has 2 heterocycles. The van der Waals surface area contributed by atoms with E-state index in [4.69, 9.17) is 27.3 Å². The largest absolute Gasteiger partial charge is 0.481 e. The van der Waals surface area contributed by atoms with Gasteiger partial charge in [-0.2, -0.15) is 0 Å². The number of rotatable bonds is 41. The number of carboxylic acids is 3. The second-order valence-corrected chi connectivity index (χ2v) is 30.0. The zero-order valence-corrected chi connectivity index (χ0v) is 70.0. The number of unbranched alkanes of at least 4 members (excludes halogenated alkanes) is 6. The molecule has 15 amide bonds. The van der Waals surface area contributed by atoms with Crippen molar-refractivity contribution < 1.29 is 126 Å². The molecule has 1 aliphatic heterocycles. The highest BCUT2D eigenvalue weighted by Gasteiger charge is 2.41. The predicted octanol–water partition coefficient (Wildman–Crippen LogP) is -5.86. The van der Waals surface area contributed by atoms with Crippen molar-refractivity contribution in [2.75, 3.05) is 45.1 Å². The van der Waals surface area contributed by atoms with E-state index in [-0.39, 0.29) is 49.3 Å². The molecule has 1 aromatic heterocycles. The van der Waals surface area contributed by atoms with Gasteiger partial charge in [-0.1, -0.05) is 82.7 Å². The number of hydrogen-bond donors (Lipinski definition) is 25. The monoisotopic (exact) mass is 1760 g/mol. The number of aromatic amines is 1. The molecule has 1 aliphatic rings. The van der Waals surface area contributed by atoms with Crippen LogP contribution >= 0.6 is 0 Å². The van der Waals surface area contributed by atoms with Crippen LogP contribution in [0, 0.1) is 11.3 Å². The second-order valence-electron chi connectivity index (χ2n) is 30.0. The number of H-pyrrole nitrogens is 1. The minimum absolute atomic E-state index is 0.000119. The third-order valence-corrected chi connectivity index (χ3v) is 19.6. The van der Waals surface area contributed by atoms with E-state index in [0.717, 1.165) is 52.9 Å². The number of carboxylic acid groups (broad SMARTS) is 3. The van der Waals surface area contributed by atoms with Crippen LogP contribution in [0.1, 0.15) is 166 Å². The van der Waals surface area contributed by atoms with Gasteiger partial charge in [0, 0.05) is 67.3 Å². The summed E-state index contributed by atoms with van der Waals surface area (Å²) in [6.45, 7) is 1.84. The smallest absolute Gasteiger partial charge is 0.329 e. The van der Waals surface area contributed by atoms with Crippen LogP contribution in [0.25, 0.3) is 10.9 Å². The number of cyclic esters (lactones) is 1. The number of para-hydroxylation sites is 2. The number of aliphatic hydroxyl groups is 2. The zero-order chi connectivity index (χ0) is 93.2. The van der Waals surface area contributed by atoms with Gasteiger partial charge >= 0.3 is 23.9 Å². The Bertz CT molecular complexity index is 4330. The van der Waals surface area contributed by atoms with Crippen LogP contribution in [-0.4, -0.2) is 273 Å². The van der Waals surface area contributed by atoms with Gasteiger partial charge in [0.15, 0.2) is 5.78 Å². The van der Waals surface area contributed by atoms with Crippen LogP contribution in [0.2, 0.25) is 0 Å². The van der Waals surface area contributed by atoms with Gasteiger partial charge in [-0.05, 0) is 89.0 Å². The normalized spacial score (nSPS) is 20.6. The lowest BCUT2D eigenvalue weighted by atomic mass is 9.96. The lowest BCUT2D eigenvalue weighted by Crippen LogP contribution is -2.61. The van der Waals surface area contributed by atoms with Crippen LogP contribution in [0.5, 0.6) is 0 Å². The molecule has 46 nitrogen and oxygen atoms in total. The van der Waals surface area contributed by atoms with Crippen molar-refractivity contribution in [2.45, 2.75) is 235 Å². The van der Waals surface area contributed by atoms with Crippen LogP contribution in [0.4, 0.5) is 5.69 Å². The summed E-state index contributed by atoms with van der Waals surface area (Å²) >= 11 is 0. The van der Waals surface area contributed by atoms with Crippen LogP contribution in [0.3, 0.4) is 0 Å². The first-order valence-corrected chi connectivity index (χ1v) is 40.6. The van der Waals surface area contributed by atoms with Gasteiger partial charge < -0.3 is 132 Å². The topological polar surface area (TPSA) is 750 Å². The number of ether oxygens (including phenoxy) is 1. The first-order chi connectivity index (χ1) is 59.2. The molecular formula is C79H116N20O26. The number of aliphatic hydroxyl groups excluding tert-OH is 2. The highest BCUT2D eigenvalue weighted by molar-refractivity contribution is 6.05. The first-order valence-electron chi connectivity index (χ1n) is 40.6. The van der Waals surface area contributed by atoms with Crippen molar-refractivity contribution in [3.05, 3.63) is 65.9 Å². The van der Waals surface area contributed by atoms with Crippen molar-refractivity contribution in [3.63, 3.8) is 0 Å². The van der Waals surface area contributed by atoms with Crippen molar-refractivity contribution in [1.82, 2.24) is 84.7 Å². The van der Waals surface area contributed by atoms with Gasteiger partial charge in [0.05, 0.1) is 57.3 Å². The minimum atomic E-state index is -2.38. The number of anilines is 1. The summed E-state index contributed by atoms with van der Waals surface area (Å²) in [5.41, 5.74) is 18.6. The summed E-state index contributed by atoms with van der Waals surface area (Å²) in [6, 6.07) is -11.2. The summed E-state index contributed by atoms with van der Waals surface area (Å²) in [6.07, 6.45) is -1.31. The van der Waals surface area contributed by atoms with Gasteiger partial charge in [0.1, 0.15) is 72.6 Å². The van der Waals surface area contributed by atoms with Crippen molar-refractivity contribution in [1.29, 1.82) is 5.41 Å². The Hall–Kier alpha value is -13.3. The van der Waals surface area contributed by atoms with Crippen molar-refractivity contribution in [2.24, 2.45) is 17.4 Å². The third-order valence-electron chi connectivity index (χ3n) is 19.6. The van der Waals surface area contributed by atoms with E-state index in [1.165, 1.54) is 31.2 Å². The molecule has 0 radical (unpaired) electrons. The number of aliphatic carboxylic acids is 3. The Balaban J connectivity index is 1.90. The minimum Gasteiger partial charge on any atom is -0.481 e. The fourth-order valence-corrected chi connectivity index (χ4v) is 12.8. The van der Waals surface area contributed by atoms with Crippen molar-refractivity contribution >= 4 is 141 Å². The molecule has 0 saturated carbocycles. The third kappa shape index (κ3) is 37.1. The molecule has 1 unspecified atom stereocenters. The van der Waals surface area contributed by atoms with Crippen LogP contribution in [-0.2, 0) is 102 Å². The second kappa shape index (κ2) is 53.6. The number of primary amides is 1. The molecule has 2 aromatic carbocycles. The highest BCUT2D eigenvalue weighted by Crippen LogP contribution is 2.22. The lowest BCUT2D eigenvalue weighted by molar-refractivity contribution is -0.156. The molecule has 4 rings (SSSR count). The number of amidine groups is 1. The fraction of sp³-hybridized carbons (Fsp3) is 0.557. The SMILES string of the molecule is CCCCCCCCCC(=O)N[C@@H](Cc1c[nH]c2ccccc12)C(=O)N[C@@H](CC(N)=O)C(=O)N[C@@H](CCO)C(=O)N[C@@H]1C(=O)NCC(=O)N[C@@H](CCCNC(=O)C(N)CCCNC(C)=N)C(=O)N[C@@H](CC(=O)O)C(=O)N[C@H](C)C(=O)N[C@@H](CC(=O)O)C(=O)NCC(=O)N[C@H](CO)C(=O)N[C@@H]([C@H](C)CC(=O)O)C(=O)N[C@@H](CC(=O)c2ccccc2N)C(=O)O[C@@H]1C. The summed E-state index contributed by atoms with van der Waals surface area (Å²) in [5.74, 6) is -28.1. The number of ketones is 1. The quantitative estimate of drug-likeness (QED) is 0.00628. The molecule has 0 bridgehead atoms. The number of esters is 1. The molecule has 1 saturated heterocycles. The van der Waals surface area contributed by atoms with Gasteiger partial charge in [-0.25, -0.2) is 4.79 Å². The summed E-state index contributed by atoms with van der Waals surface area (Å²) in [7, 11) is 0. The Morgan fingerprint density at radius 1 is 0.568 bits per heavy atom. The summed E-state index contributed by atoms with van der Waals surface area (Å²) in [5, 5.41) is 92.9. The number of fused-ring (bicyclic) bond motifs is 1. The van der Waals surface area contributed by atoms with Gasteiger partial charge in [-0.15, -0.1) is 0 Å². The number of aromatic nitrogens is 1. The molecule has 0 spiro atoms. The number of nitrogens with two attached hydrogens (primary N) is 3. The maximum atomic E-state index is 15.0. The van der Waals surface area contributed by atoms with E-state index >= 15 is 0 Å². The Labute approximate surface area is 717 Å². The lowest BCUT2D eigenvalue weighted by Gasteiger charge is -2.30. The maximum absolute atomic E-state index is 15.0. The van der Waals surface area contributed by atoms with E-state index < -0.39 is 274 Å². The molecule has 125 heavy (non-hydrogen) atoms. The number of nitrogen functional groups attached to an aromatic ring is 1. The number of hydrogen-bond acceptors (Lipinski definition) is 26. The molecule has 688 valence electrons. The number of carbonyl (C=O) groups excluding carboxylic acids is 17. The fourth-order valence-electron chi connectivity index (χ4n) is 12.8. The van der Waals surface area contributed by atoms with Gasteiger partial charge in [0.25, 0.3) is 0 Å². The number of amides is 15. The zero-order valence-electron chi connectivity index (χ0n) is 70.0. The molecule has 1 fully saturated rings. The molecule has 0 aliphatic carbocycles. The Morgan fingerprint density at radius 2 is 1.14 bits per heavy atom. The van der Waals surface area contributed by atoms with Gasteiger partial charge in [0.2, 0.25) is 88.6 Å². The van der Waals surface area contributed by atoms with E-state index in [9.17, 15) is 121 Å². The molecule has 28 N–H and O–H groups in total. The number of benzene rings is 2. The molecule has 14 atom stereocenters. The standard InChI is InChI=1S/C79H116N20O26/c1-6-7-8-9-10-11-12-25-60(104)91-52(31-44-36-86-49-23-16-14-19-45(44)49)74(119)95-53(33-59(83)103)75(120)93-51(26-29-100)72(117)99-67-42(4)125-79(124)56(32-58(102)46-20-13-15-21-47(46)81)97-78(123)66(40(2)30-63(107)108)98-76(121)57(39-101)92-62(106)37-87-70(115)54(34-64(109)110)94-68(113)41(3)89-73(118)55(35-65(111)112)96-71(116)50(90-61(105)38-88-77(67)122)24-18-28-85-69(114)48(82)22-17-27-84-43(5)80/h13-16,19-21,23,36,40-42,48,50-57,66-67,86,100-101H,6-12,17-18,22,24-35,37-39,81-82H2,1-5H3,(H2,80,84)(H2,83,103)(H,85,114)(H,87,115)(H,88,122)(H,89,118)(H,90,105)(H,91,104)(H,92,106)(H,93,120)(H,94,113)(H,95,119)(H,96,116)(H,97,123)(H,98,121)(H,99,117)(H,107,108)(H,109,110)(H,111,112)/t40-,41-,42-,48?,50+,51+,52+,53+,54+,55+,56+,57-,66+,67+/m1/s1. The van der Waals surface area contributed by atoms with Crippen LogP contribution < -0.4 is 97.0 Å². The predicted molar refractivity (Wildman–Crippen MR) is 442 cm³/mol. The average Bonchev–Trinajstić information content (AvgIpc) is 1.66. The Morgan fingerprint density at radius 3 is 1.76 bits per heavy atom. The average molecular weight is 1760 g/mol. The maximum Gasteiger partial charge on any atom is 0.329 e. The van der Waals surface area contributed by atoms with E-state index in [1.54, 1.807) is 30.5 Å². The van der Waals surface area contributed by atoms with E-state index in [0.29, 0.717) is 42.3 Å². The first kappa shape index (κ1) is 104. The molecule has 3 aromatic rings. The van der Waals surface area contributed by atoms with Crippen molar-refractivity contribution in [3.8, 4) is 0 Å². The number of nitrogens with one attached hydrogen (secondary N) is 17. The van der Waals surface area contributed by atoms with E-state index in [2.05, 4.69) is 75.7 Å². The van der Waals surface area contributed by atoms with Gasteiger partial charge in [-0.3, -0.25) is 96.5 Å². The number of carbonyl (C=O) groups is 20. The number of Topliss-reactive ketones (excluding diaryl/α,β-unsaturated/α-hetero) is 1. The van der Waals surface area contributed by atoms with E-state index in [1.807, 2.05) is 16.0 Å². The summed E-state index contributed by atoms with van der Waals surface area (Å²) in [4.78, 5) is 280. The molecule has 46 heteroatoms. The van der Waals surface area contributed by atoms with Crippen LogP contribution in [0.15, 0.2) is 54.7 Å². The summed E-state index contributed by atoms with van der Waals surface area (Å²) < 4.78 is 5.77.